The lowest BCUT2D eigenvalue weighted by Crippen LogP contribution is -2.55. The Morgan fingerprint density at radius 3 is 2.54 bits per heavy atom. The maximum Gasteiger partial charge on any atom is 0.407 e. The molecule has 1 amide bonds. The van der Waals surface area contributed by atoms with Gasteiger partial charge in [-0.1, -0.05) is 13.8 Å². The Kier molecular flexibility index (Phi) is 3.14. The summed E-state index contributed by atoms with van der Waals surface area (Å²) in [6.07, 6.45) is -0.785. The zero-order valence-electron chi connectivity index (χ0n) is 8.53. The van der Waals surface area contributed by atoms with Crippen LogP contribution in [-0.4, -0.2) is 53.7 Å². The first-order valence-electron chi connectivity index (χ1n) is 4.70. The van der Waals surface area contributed by atoms with Gasteiger partial charge in [-0.05, 0) is 13.0 Å². The summed E-state index contributed by atoms with van der Waals surface area (Å²) in [7, 11) is 2.04. The summed E-state index contributed by atoms with van der Waals surface area (Å²) in [5, 5.41) is 8.95. The summed E-state index contributed by atoms with van der Waals surface area (Å²) in [5.74, 6) is 0.388. The van der Waals surface area contributed by atoms with Gasteiger partial charge in [0.25, 0.3) is 0 Å². The van der Waals surface area contributed by atoms with Crippen molar-refractivity contribution in [3.8, 4) is 0 Å². The quantitative estimate of drug-likeness (QED) is 0.662. The molecule has 1 rings (SSSR count). The summed E-state index contributed by atoms with van der Waals surface area (Å²) in [5.41, 5.74) is 0. The molecule has 0 bridgehead atoms. The number of likely N-dealkylation sites (N-methyl/N-ethyl adjacent to an activating group) is 1. The van der Waals surface area contributed by atoms with Crippen LogP contribution < -0.4 is 0 Å². The minimum atomic E-state index is -0.785. The van der Waals surface area contributed by atoms with Crippen molar-refractivity contribution in [2.45, 2.75) is 19.9 Å². The molecule has 0 aromatic carbocycles. The Labute approximate surface area is 79.1 Å². The van der Waals surface area contributed by atoms with E-state index in [1.54, 1.807) is 4.90 Å². The minimum Gasteiger partial charge on any atom is -0.465 e. The van der Waals surface area contributed by atoms with Crippen LogP contribution in [0.3, 0.4) is 0 Å². The standard InChI is InChI=1S/C9H18N2O2/c1-7(2)8-6-10(3)4-5-11(8)9(12)13/h7-8H,4-6H2,1-3H3,(H,12,13)/t8-/m1/s1. The third-order valence-electron chi connectivity index (χ3n) is 2.64. The van der Waals surface area contributed by atoms with Crippen LogP contribution >= 0.6 is 0 Å². The largest absolute Gasteiger partial charge is 0.465 e. The van der Waals surface area contributed by atoms with E-state index < -0.39 is 6.09 Å². The van der Waals surface area contributed by atoms with E-state index in [0.717, 1.165) is 13.1 Å². The SMILES string of the molecule is CC(C)[C@H]1CN(C)CCN1C(=O)O. The van der Waals surface area contributed by atoms with Crippen molar-refractivity contribution >= 4 is 6.09 Å². The van der Waals surface area contributed by atoms with E-state index in [4.69, 9.17) is 5.11 Å². The van der Waals surface area contributed by atoms with Crippen molar-refractivity contribution in [1.29, 1.82) is 0 Å². The molecule has 0 spiro atoms. The Morgan fingerprint density at radius 2 is 2.08 bits per heavy atom. The van der Waals surface area contributed by atoms with Crippen molar-refractivity contribution < 1.29 is 9.90 Å². The van der Waals surface area contributed by atoms with Gasteiger partial charge in [0.1, 0.15) is 0 Å². The third-order valence-corrected chi connectivity index (χ3v) is 2.64. The molecule has 1 aliphatic rings. The highest BCUT2D eigenvalue weighted by molar-refractivity contribution is 5.65. The summed E-state index contributed by atoms with van der Waals surface area (Å²) in [6, 6.07) is 0.149. The van der Waals surface area contributed by atoms with Crippen molar-refractivity contribution in [1.82, 2.24) is 9.80 Å². The van der Waals surface area contributed by atoms with Gasteiger partial charge in [-0.25, -0.2) is 4.79 Å². The number of hydrogen-bond donors (Lipinski definition) is 1. The average Bonchev–Trinajstić information content (AvgIpc) is 2.03. The van der Waals surface area contributed by atoms with E-state index in [-0.39, 0.29) is 6.04 Å². The van der Waals surface area contributed by atoms with Gasteiger partial charge in [0.2, 0.25) is 0 Å². The Balaban J connectivity index is 2.66. The van der Waals surface area contributed by atoms with E-state index in [0.29, 0.717) is 12.5 Å². The lowest BCUT2D eigenvalue weighted by molar-refractivity contribution is 0.0593. The molecule has 1 saturated heterocycles. The van der Waals surface area contributed by atoms with Gasteiger partial charge in [-0.2, -0.15) is 0 Å². The van der Waals surface area contributed by atoms with E-state index in [1.807, 2.05) is 7.05 Å². The van der Waals surface area contributed by atoms with Crippen molar-refractivity contribution in [2.24, 2.45) is 5.92 Å². The molecule has 1 heterocycles. The van der Waals surface area contributed by atoms with Crippen LogP contribution in [0.4, 0.5) is 4.79 Å². The number of carbonyl (C=O) groups is 1. The zero-order valence-corrected chi connectivity index (χ0v) is 8.53. The van der Waals surface area contributed by atoms with Crippen LogP contribution in [0, 0.1) is 5.92 Å². The van der Waals surface area contributed by atoms with Gasteiger partial charge in [-0.15, -0.1) is 0 Å². The lowest BCUT2D eigenvalue weighted by atomic mass is 10.0. The van der Waals surface area contributed by atoms with Crippen molar-refractivity contribution in [2.75, 3.05) is 26.7 Å². The molecule has 1 aliphatic heterocycles. The second kappa shape index (κ2) is 3.96. The molecule has 0 aromatic heterocycles. The molecule has 1 fully saturated rings. The van der Waals surface area contributed by atoms with Gasteiger partial charge in [0.15, 0.2) is 0 Å². The molecule has 4 heteroatoms. The fourth-order valence-electron chi connectivity index (χ4n) is 1.76. The van der Waals surface area contributed by atoms with Crippen LogP contribution in [0.5, 0.6) is 0 Å². The molecule has 0 saturated carbocycles. The number of piperazine rings is 1. The van der Waals surface area contributed by atoms with Gasteiger partial charge in [-0.3, -0.25) is 0 Å². The topological polar surface area (TPSA) is 43.8 Å². The maximum absolute atomic E-state index is 10.9. The highest BCUT2D eigenvalue weighted by atomic mass is 16.4. The number of nitrogens with zero attached hydrogens (tertiary/aromatic N) is 2. The fourth-order valence-corrected chi connectivity index (χ4v) is 1.76. The number of rotatable bonds is 1. The predicted molar refractivity (Wildman–Crippen MR) is 50.9 cm³/mol. The third kappa shape index (κ3) is 2.34. The van der Waals surface area contributed by atoms with Crippen LogP contribution in [0.1, 0.15) is 13.8 Å². The first-order chi connectivity index (χ1) is 6.02. The first-order valence-corrected chi connectivity index (χ1v) is 4.70. The Bertz CT molecular complexity index is 194. The molecular formula is C9H18N2O2. The van der Waals surface area contributed by atoms with E-state index in [1.165, 1.54) is 0 Å². The summed E-state index contributed by atoms with van der Waals surface area (Å²) in [6.45, 7) is 6.47. The Hall–Kier alpha value is -0.770. The molecule has 1 N–H and O–H groups in total. The smallest absolute Gasteiger partial charge is 0.407 e. The number of amides is 1. The van der Waals surface area contributed by atoms with Crippen LogP contribution in [0.25, 0.3) is 0 Å². The van der Waals surface area contributed by atoms with Gasteiger partial charge in [0.05, 0.1) is 6.04 Å². The molecule has 0 aromatic rings. The molecule has 0 unspecified atom stereocenters. The maximum atomic E-state index is 10.9. The van der Waals surface area contributed by atoms with Crippen LogP contribution in [-0.2, 0) is 0 Å². The molecular weight excluding hydrogens is 168 g/mol. The van der Waals surface area contributed by atoms with E-state index >= 15 is 0 Å². The Morgan fingerprint density at radius 1 is 1.46 bits per heavy atom. The summed E-state index contributed by atoms with van der Waals surface area (Å²) >= 11 is 0. The van der Waals surface area contributed by atoms with Crippen molar-refractivity contribution in [3.05, 3.63) is 0 Å². The monoisotopic (exact) mass is 186 g/mol. The molecule has 0 radical (unpaired) electrons. The minimum absolute atomic E-state index is 0.149. The second-order valence-electron chi connectivity index (χ2n) is 4.05. The van der Waals surface area contributed by atoms with Crippen molar-refractivity contribution in [3.63, 3.8) is 0 Å². The van der Waals surface area contributed by atoms with Gasteiger partial charge in [0, 0.05) is 19.6 Å². The molecule has 13 heavy (non-hydrogen) atoms. The first kappa shape index (κ1) is 10.3. The summed E-state index contributed by atoms with van der Waals surface area (Å²) in [4.78, 5) is 14.6. The average molecular weight is 186 g/mol. The highest BCUT2D eigenvalue weighted by Gasteiger charge is 2.30. The zero-order chi connectivity index (χ0) is 10.0. The van der Waals surface area contributed by atoms with Crippen LogP contribution in [0.2, 0.25) is 0 Å². The highest BCUT2D eigenvalue weighted by Crippen LogP contribution is 2.16. The normalized spacial score (nSPS) is 25.2. The van der Waals surface area contributed by atoms with Crippen LogP contribution in [0.15, 0.2) is 0 Å². The molecule has 0 aliphatic carbocycles. The molecule has 1 atom stereocenters. The van der Waals surface area contributed by atoms with E-state index in [2.05, 4.69) is 18.7 Å². The fraction of sp³-hybridized carbons (Fsp3) is 0.889. The molecule has 4 nitrogen and oxygen atoms in total. The lowest BCUT2D eigenvalue weighted by Gasteiger charge is -2.40. The van der Waals surface area contributed by atoms with E-state index in [9.17, 15) is 4.79 Å². The molecule has 76 valence electrons. The second-order valence-corrected chi connectivity index (χ2v) is 4.05. The number of hydrogen-bond acceptors (Lipinski definition) is 2. The number of carboxylic acid groups (broad SMARTS) is 1. The van der Waals surface area contributed by atoms with Gasteiger partial charge >= 0.3 is 6.09 Å². The van der Waals surface area contributed by atoms with Gasteiger partial charge < -0.3 is 14.9 Å². The predicted octanol–water partition coefficient (Wildman–Crippen LogP) is 0.936. The summed E-state index contributed by atoms with van der Waals surface area (Å²) < 4.78 is 0.